The van der Waals surface area contributed by atoms with Crippen LogP contribution in [0.25, 0.3) is 10.9 Å². The number of carbonyl (C=O) groups excluding carboxylic acids is 2. The molecular weight excluding hydrogens is 416 g/mol. The van der Waals surface area contributed by atoms with Crippen molar-refractivity contribution in [2.45, 2.75) is 46.1 Å². The van der Waals surface area contributed by atoms with Crippen LogP contribution in [0.15, 0.2) is 53.6 Å². The van der Waals surface area contributed by atoms with E-state index in [2.05, 4.69) is 4.98 Å². The molecule has 1 fully saturated rings. The number of hydrogen-bond acceptors (Lipinski definition) is 4. The molecular formula is C26H30N4O3. The average molecular weight is 447 g/mol. The molecule has 172 valence electrons. The number of amides is 2. The van der Waals surface area contributed by atoms with Crippen molar-refractivity contribution in [2.75, 3.05) is 24.5 Å². The SMILES string of the molecule is Cc1ccc(N(CC(=O)N2CCCCC2)C(=O)CCn2cnc3c(C)cccc3c2=O)cc1. The molecule has 1 aromatic heterocycles. The van der Waals surface area contributed by atoms with Crippen molar-refractivity contribution < 1.29 is 9.59 Å². The molecule has 0 N–H and O–H groups in total. The van der Waals surface area contributed by atoms with Gasteiger partial charge in [0.15, 0.2) is 0 Å². The van der Waals surface area contributed by atoms with Gasteiger partial charge in [-0.2, -0.15) is 0 Å². The van der Waals surface area contributed by atoms with Crippen LogP contribution in [0.4, 0.5) is 5.69 Å². The fourth-order valence-corrected chi connectivity index (χ4v) is 4.27. The van der Waals surface area contributed by atoms with E-state index in [-0.39, 0.29) is 36.9 Å². The molecule has 3 aromatic rings. The highest BCUT2D eigenvalue weighted by atomic mass is 16.2. The van der Waals surface area contributed by atoms with E-state index in [4.69, 9.17) is 0 Å². The molecule has 33 heavy (non-hydrogen) atoms. The lowest BCUT2D eigenvalue weighted by Crippen LogP contribution is -2.45. The molecule has 0 spiro atoms. The topological polar surface area (TPSA) is 75.5 Å². The van der Waals surface area contributed by atoms with E-state index in [1.807, 2.05) is 55.1 Å². The maximum absolute atomic E-state index is 13.3. The Morgan fingerprint density at radius 2 is 1.73 bits per heavy atom. The maximum atomic E-state index is 13.3. The quantitative estimate of drug-likeness (QED) is 0.581. The summed E-state index contributed by atoms with van der Waals surface area (Å²) in [4.78, 5) is 46.9. The summed E-state index contributed by atoms with van der Waals surface area (Å²) in [6, 6.07) is 13.1. The molecule has 1 aliphatic heterocycles. The largest absolute Gasteiger partial charge is 0.341 e. The van der Waals surface area contributed by atoms with Crippen molar-refractivity contribution in [2.24, 2.45) is 0 Å². The van der Waals surface area contributed by atoms with Gasteiger partial charge in [0.2, 0.25) is 11.8 Å². The number of fused-ring (bicyclic) bond motifs is 1. The number of para-hydroxylation sites is 1. The van der Waals surface area contributed by atoms with Crippen LogP contribution in [-0.4, -0.2) is 45.9 Å². The number of anilines is 1. The van der Waals surface area contributed by atoms with Gasteiger partial charge in [0, 0.05) is 31.7 Å². The maximum Gasteiger partial charge on any atom is 0.261 e. The monoisotopic (exact) mass is 446 g/mol. The second kappa shape index (κ2) is 9.98. The van der Waals surface area contributed by atoms with E-state index >= 15 is 0 Å². The van der Waals surface area contributed by atoms with Crippen LogP contribution in [0.3, 0.4) is 0 Å². The smallest absolute Gasteiger partial charge is 0.261 e. The van der Waals surface area contributed by atoms with Gasteiger partial charge in [-0.3, -0.25) is 19.0 Å². The molecule has 0 bridgehead atoms. The second-order valence-electron chi connectivity index (χ2n) is 8.72. The van der Waals surface area contributed by atoms with E-state index in [0.29, 0.717) is 16.6 Å². The number of benzene rings is 2. The van der Waals surface area contributed by atoms with E-state index in [9.17, 15) is 14.4 Å². The van der Waals surface area contributed by atoms with Gasteiger partial charge in [-0.25, -0.2) is 4.98 Å². The van der Waals surface area contributed by atoms with E-state index < -0.39 is 0 Å². The second-order valence-corrected chi connectivity index (χ2v) is 8.72. The standard InChI is InChI=1S/C26H30N4O3/c1-19-9-11-21(12-10-19)30(17-24(32)28-14-4-3-5-15-28)23(31)13-16-29-18-27-25-20(2)7-6-8-22(25)26(29)33/h6-12,18H,3-5,13-17H2,1-2H3. The summed E-state index contributed by atoms with van der Waals surface area (Å²) in [5.41, 5.74) is 3.23. The lowest BCUT2D eigenvalue weighted by molar-refractivity contribution is -0.132. The minimum Gasteiger partial charge on any atom is -0.341 e. The molecule has 2 amide bonds. The van der Waals surface area contributed by atoms with E-state index in [1.54, 1.807) is 11.0 Å². The minimum absolute atomic E-state index is 0.00591. The highest BCUT2D eigenvalue weighted by Gasteiger charge is 2.24. The van der Waals surface area contributed by atoms with Crippen LogP contribution in [0.1, 0.15) is 36.8 Å². The van der Waals surface area contributed by atoms with Crippen LogP contribution in [0.2, 0.25) is 0 Å². The van der Waals surface area contributed by atoms with Crippen LogP contribution in [-0.2, 0) is 16.1 Å². The molecule has 2 heterocycles. The molecule has 0 radical (unpaired) electrons. The van der Waals surface area contributed by atoms with E-state index in [0.717, 1.165) is 43.5 Å². The van der Waals surface area contributed by atoms with Crippen molar-refractivity contribution in [1.82, 2.24) is 14.5 Å². The molecule has 7 nitrogen and oxygen atoms in total. The van der Waals surface area contributed by atoms with E-state index in [1.165, 1.54) is 10.9 Å². The number of rotatable bonds is 6. The Morgan fingerprint density at radius 1 is 1.00 bits per heavy atom. The Balaban J connectivity index is 1.53. The number of likely N-dealkylation sites (tertiary alicyclic amines) is 1. The van der Waals surface area contributed by atoms with Gasteiger partial charge in [-0.05, 0) is 56.9 Å². The fraction of sp³-hybridized carbons (Fsp3) is 0.385. The molecule has 0 aliphatic carbocycles. The van der Waals surface area contributed by atoms with Gasteiger partial charge >= 0.3 is 0 Å². The highest BCUT2D eigenvalue weighted by molar-refractivity contribution is 5.98. The third-order valence-corrected chi connectivity index (χ3v) is 6.27. The van der Waals surface area contributed by atoms with Gasteiger partial charge in [-0.1, -0.05) is 29.8 Å². The molecule has 7 heteroatoms. The molecule has 4 rings (SSSR count). The summed E-state index contributed by atoms with van der Waals surface area (Å²) >= 11 is 0. The third-order valence-electron chi connectivity index (χ3n) is 6.27. The summed E-state index contributed by atoms with van der Waals surface area (Å²) in [5.74, 6) is -0.232. The van der Waals surface area contributed by atoms with Gasteiger partial charge in [0.25, 0.3) is 5.56 Å². The highest BCUT2D eigenvalue weighted by Crippen LogP contribution is 2.18. The van der Waals surface area contributed by atoms with Crippen LogP contribution in [0, 0.1) is 13.8 Å². The summed E-state index contributed by atoms with van der Waals surface area (Å²) < 4.78 is 1.47. The predicted octanol–water partition coefficient (Wildman–Crippen LogP) is 3.45. The van der Waals surface area contributed by atoms with Crippen molar-refractivity contribution in [3.05, 3.63) is 70.3 Å². The fourth-order valence-electron chi connectivity index (χ4n) is 4.27. The number of carbonyl (C=O) groups is 2. The van der Waals surface area contributed by atoms with Crippen LogP contribution < -0.4 is 10.5 Å². The average Bonchev–Trinajstić information content (AvgIpc) is 2.83. The Morgan fingerprint density at radius 3 is 2.45 bits per heavy atom. The molecule has 1 saturated heterocycles. The molecule has 0 saturated carbocycles. The number of hydrogen-bond donors (Lipinski definition) is 0. The van der Waals surface area contributed by atoms with Gasteiger partial charge < -0.3 is 9.80 Å². The summed E-state index contributed by atoms with van der Waals surface area (Å²) in [6.45, 7) is 5.59. The minimum atomic E-state index is -0.194. The summed E-state index contributed by atoms with van der Waals surface area (Å²) in [5, 5.41) is 0.542. The van der Waals surface area contributed by atoms with Crippen molar-refractivity contribution >= 4 is 28.4 Å². The Bertz CT molecular complexity index is 1210. The number of nitrogens with zero attached hydrogens (tertiary/aromatic N) is 4. The third kappa shape index (κ3) is 5.13. The zero-order valence-corrected chi connectivity index (χ0v) is 19.3. The zero-order chi connectivity index (χ0) is 23.4. The summed E-state index contributed by atoms with van der Waals surface area (Å²) in [7, 11) is 0. The first-order chi connectivity index (χ1) is 15.9. The normalized spacial score (nSPS) is 13.8. The Hall–Kier alpha value is -3.48. The van der Waals surface area contributed by atoms with Gasteiger partial charge in [0.05, 0.1) is 17.2 Å². The molecule has 2 aromatic carbocycles. The van der Waals surface area contributed by atoms with Crippen LogP contribution in [0.5, 0.6) is 0 Å². The molecule has 1 aliphatic rings. The number of piperidine rings is 1. The molecule has 0 unspecified atom stereocenters. The summed E-state index contributed by atoms with van der Waals surface area (Å²) in [6.07, 6.45) is 4.74. The Labute approximate surface area is 193 Å². The van der Waals surface area contributed by atoms with Gasteiger partial charge in [0.1, 0.15) is 6.54 Å². The van der Waals surface area contributed by atoms with Gasteiger partial charge in [-0.15, -0.1) is 0 Å². The number of aryl methyl sites for hydroxylation is 3. The lowest BCUT2D eigenvalue weighted by Gasteiger charge is -2.30. The van der Waals surface area contributed by atoms with Crippen molar-refractivity contribution in [3.8, 4) is 0 Å². The lowest BCUT2D eigenvalue weighted by atomic mass is 10.1. The predicted molar refractivity (Wildman–Crippen MR) is 129 cm³/mol. The van der Waals surface area contributed by atoms with Crippen molar-refractivity contribution in [1.29, 1.82) is 0 Å². The molecule has 0 atom stereocenters. The van der Waals surface area contributed by atoms with Crippen molar-refractivity contribution in [3.63, 3.8) is 0 Å². The Kier molecular flexibility index (Phi) is 6.87. The zero-order valence-electron chi connectivity index (χ0n) is 19.3. The first kappa shape index (κ1) is 22.7. The number of aromatic nitrogens is 2. The first-order valence-corrected chi connectivity index (χ1v) is 11.5. The van der Waals surface area contributed by atoms with Crippen LogP contribution >= 0.6 is 0 Å². The first-order valence-electron chi connectivity index (χ1n) is 11.5.